The summed E-state index contributed by atoms with van der Waals surface area (Å²) < 4.78 is 3.38. The summed E-state index contributed by atoms with van der Waals surface area (Å²) in [5.41, 5.74) is 2.55. The van der Waals surface area contributed by atoms with Crippen LogP contribution in [0, 0.1) is 11.8 Å². The van der Waals surface area contributed by atoms with Gasteiger partial charge in [-0.1, -0.05) is 20.8 Å². The molecule has 0 bridgehead atoms. The monoisotopic (exact) mass is 329 g/mol. The molecule has 1 aromatic heterocycles. The number of nitrogens with zero attached hydrogens (tertiary/aromatic N) is 2. The zero-order valence-electron chi connectivity index (χ0n) is 13.0. The Hall–Kier alpha value is -0.350. The Morgan fingerprint density at radius 2 is 2.00 bits per heavy atom. The molecule has 0 saturated carbocycles. The molecule has 1 unspecified atom stereocenters. The smallest absolute Gasteiger partial charge is 0.0766 e. The molecule has 0 aliphatic heterocycles. The minimum absolute atomic E-state index is 0.674. The Morgan fingerprint density at radius 3 is 2.47 bits per heavy atom. The molecule has 0 amide bonds. The number of halogens is 1. The molecular formula is C15H28BrN3. The number of aryl methyl sites for hydroxylation is 2. The van der Waals surface area contributed by atoms with Gasteiger partial charge in [0.2, 0.25) is 0 Å². The number of nitrogens with one attached hydrogen (secondary N) is 1. The molecule has 0 spiro atoms. The Morgan fingerprint density at radius 1 is 1.32 bits per heavy atom. The highest BCUT2D eigenvalue weighted by Crippen LogP contribution is 2.26. The fourth-order valence-corrected chi connectivity index (χ4v) is 3.41. The fourth-order valence-electron chi connectivity index (χ4n) is 2.68. The van der Waals surface area contributed by atoms with Gasteiger partial charge >= 0.3 is 0 Å². The molecule has 1 heterocycles. The summed E-state index contributed by atoms with van der Waals surface area (Å²) in [5.74, 6) is 1.41. The van der Waals surface area contributed by atoms with Crippen LogP contribution in [0.15, 0.2) is 4.47 Å². The van der Waals surface area contributed by atoms with E-state index in [2.05, 4.69) is 58.7 Å². The first kappa shape index (κ1) is 16.7. The average Bonchev–Trinajstić information content (AvgIpc) is 2.66. The van der Waals surface area contributed by atoms with Crippen molar-refractivity contribution in [1.82, 2.24) is 15.1 Å². The van der Waals surface area contributed by atoms with Gasteiger partial charge in [0.15, 0.2) is 0 Å². The van der Waals surface area contributed by atoms with Crippen LogP contribution in [0.1, 0.15) is 45.5 Å². The average molecular weight is 330 g/mol. The molecule has 0 saturated heterocycles. The lowest BCUT2D eigenvalue weighted by Crippen LogP contribution is -2.23. The third-order valence-corrected chi connectivity index (χ3v) is 4.39. The number of hydrogen-bond donors (Lipinski definition) is 1. The highest BCUT2D eigenvalue weighted by atomic mass is 79.9. The van der Waals surface area contributed by atoms with Crippen molar-refractivity contribution in [2.45, 2.75) is 53.5 Å². The second kappa shape index (κ2) is 8.05. The van der Waals surface area contributed by atoms with E-state index in [0.29, 0.717) is 5.92 Å². The molecule has 0 aromatic carbocycles. The Labute approximate surface area is 126 Å². The molecule has 1 N–H and O–H groups in total. The van der Waals surface area contributed by atoms with Crippen molar-refractivity contribution in [3.8, 4) is 0 Å². The minimum Gasteiger partial charge on any atom is -0.319 e. The van der Waals surface area contributed by atoms with Gasteiger partial charge in [0.25, 0.3) is 0 Å². The van der Waals surface area contributed by atoms with E-state index in [1.54, 1.807) is 0 Å². The van der Waals surface area contributed by atoms with E-state index in [-0.39, 0.29) is 0 Å². The van der Waals surface area contributed by atoms with Crippen LogP contribution in [0.5, 0.6) is 0 Å². The van der Waals surface area contributed by atoms with E-state index in [4.69, 9.17) is 0 Å². The second-order valence-electron chi connectivity index (χ2n) is 5.63. The molecule has 1 aromatic rings. The topological polar surface area (TPSA) is 29.9 Å². The lowest BCUT2D eigenvalue weighted by molar-refractivity contribution is 0.385. The van der Waals surface area contributed by atoms with Crippen molar-refractivity contribution in [3.63, 3.8) is 0 Å². The minimum atomic E-state index is 0.674. The van der Waals surface area contributed by atoms with Gasteiger partial charge in [-0.15, -0.1) is 0 Å². The zero-order chi connectivity index (χ0) is 14.4. The molecule has 19 heavy (non-hydrogen) atoms. The number of hydrogen-bond acceptors (Lipinski definition) is 2. The third kappa shape index (κ3) is 4.60. The summed E-state index contributed by atoms with van der Waals surface area (Å²) in [7, 11) is 2.04. The lowest BCUT2D eigenvalue weighted by atomic mass is 9.92. The van der Waals surface area contributed by atoms with E-state index in [9.17, 15) is 0 Å². The van der Waals surface area contributed by atoms with Crippen molar-refractivity contribution in [2.24, 2.45) is 11.8 Å². The van der Waals surface area contributed by atoms with Crippen LogP contribution < -0.4 is 5.32 Å². The first-order valence-corrected chi connectivity index (χ1v) is 8.21. The molecule has 0 fully saturated rings. The molecule has 0 aliphatic rings. The summed E-state index contributed by atoms with van der Waals surface area (Å²) in [6.45, 7) is 10.9. The van der Waals surface area contributed by atoms with Gasteiger partial charge in [0, 0.05) is 6.54 Å². The number of rotatable bonds is 8. The van der Waals surface area contributed by atoms with Gasteiger partial charge in [-0.2, -0.15) is 5.10 Å². The first-order chi connectivity index (χ1) is 9.03. The molecule has 1 atom stereocenters. The van der Waals surface area contributed by atoms with Crippen molar-refractivity contribution < 1.29 is 0 Å². The third-order valence-electron chi connectivity index (χ3n) is 3.47. The second-order valence-corrected chi connectivity index (χ2v) is 6.43. The standard InChI is InChI=1S/C15H28BrN3/c1-6-13-15(16)14(19(7-2)18-13)9-12(10-17-5)8-11(3)4/h11-12,17H,6-10H2,1-5H3. The predicted molar refractivity (Wildman–Crippen MR) is 85.6 cm³/mol. The normalized spacial score (nSPS) is 13.2. The molecule has 3 nitrogen and oxygen atoms in total. The van der Waals surface area contributed by atoms with Crippen LogP contribution in [0.25, 0.3) is 0 Å². The predicted octanol–water partition coefficient (Wildman–Crippen LogP) is 3.65. The lowest BCUT2D eigenvalue weighted by Gasteiger charge is -2.19. The van der Waals surface area contributed by atoms with Crippen LogP contribution in [0.3, 0.4) is 0 Å². The molecule has 0 aliphatic carbocycles. The first-order valence-electron chi connectivity index (χ1n) is 7.41. The van der Waals surface area contributed by atoms with Gasteiger partial charge in [0.1, 0.15) is 0 Å². The highest BCUT2D eigenvalue weighted by Gasteiger charge is 2.19. The van der Waals surface area contributed by atoms with Crippen LogP contribution in [-0.4, -0.2) is 23.4 Å². The van der Waals surface area contributed by atoms with Crippen molar-refractivity contribution in [1.29, 1.82) is 0 Å². The molecular weight excluding hydrogens is 302 g/mol. The highest BCUT2D eigenvalue weighted by molar-refractivity contribution is 9.10. The van der Waals surface area contributed by atoms with Crippen LogP contribution in [0.2, 0.25) is 0 Å². The van der Waals surface area contributed by atoms with E-state index < -0.39 is 0 Å². The molecule has 0 radical (unpaired) electrons. The largest absolute Gasteiger partial charge is 0.319 e. The van der Waals surface area contributed by atoms with Gasteiger partial charge in [-0.3, -0.25) is 4.68 Å². The molecule has 110 valence electrons. The Bertz CT molecular complexity index is 385. The van der Waals surface area contributed by atoms with Crippen LogP contribution >= 0.6 is 15.9 Å². The zero-order valence-corrected chi connectivity index (χ0v) is 14.5. The summed E-state index contributed by atoms with van der Waals surface area (Å²) in [4.78, 5) is 0. The Balaban J connectivity index is 2.91. The summed E-state index contributed by atoms with van der Waals surface area (Å²) in [6.07, 6.45) is 3.34. The van der Waals surface area contributed by atoms with Crippen molar-refractivity contribution >= 4 is 15.9 Å². The summed E-state index contributed by atoms with van der Waals surface area (Å²) in [5, 5.41) is 8.01. The maximum absolute atomic E-state index is 4.69. The quantitative estimate of drug-likeness (QED) is 0.788. The van der Waals surface area contributed by atoms with Gasteiger partial charge in [-0.05, 0) is 67.5 Å². The van der Waals surface area contributed by atoms with Gasteiger partial charge in [0.05, 0.1) is 15.9 Å². The summed E-state index contributed by atoms with van der Waals surface area (Å²) in [6, 6.07) is 0. The molecule has 1 rings (SSSR count). The van der Waals surface area contributed by atoms with Gasteiger partial charge in [-0.25, -0.2) is 0 Å². The fraction of sp³-hybridized carbons (Fsp3) is 0.800. The van der Waals surface area contributed by atoms with E-state index >= 15 is 0 Å². The summed E-state index contributed by atoms with van der Waals surface area (Å²) >= 11 is 3.75. The van der Waals surface area contributed by atoms with Crippen LogP contribution in [0.4, 0.5) is 0 Å². The van der Waals surface area contributed by atoms with Gasteiger partial charge < -0.3 is 5.32 Å². The van der Waals surface area contributed by atoms with Crippen LogP contribution in [-0.2, 0) is 19.4 Å². The Kier molecular flexibility index (Phi) is 7.08. The maximum Gasteiger partial charge on any atom is 0.0766 e. The van der Waals surface area contributed by atoms with Crippen molar-refractivity contribution in [2.75, 3.05) is 13.6 Å². The maximum atomic E-state index is 4.69. The van der Waals surface area contributed by atoms with E-state index in [0.717, 1.165) is 31.8 Å². The van der Waals surface area contributed by atoms with Crippen molar-refractivity contribution in [3.05, 3.63) is 15.9 Å². The van der Waals surface area contributed by atoms with E-state index in [1.807, 2.05) is 7.05 Å². The SMILES string of the molecule is CCc1nn(CC)c(CC(CNC)CC(C)C)c1Br. The number of aromatic nitrogens is 2. The van der Waals surface area contributed by atoms with E-state index in [1.165, 1.54) is 22.3 Å². The molecule has 4 heteroatoms.